The Kier molecular flexibility index (Phi) is 11.4. The highest BCUT2D eigenvalue weighted by Crippen LogP contribution is 2.57. The summed E-state index contributed by atoms with van der Waals surface area (Å²) in [6, 6.07) is 0. The molecule has 0 aromatic rings. The smallest absolute Gasteiger partial charge is 0.0576 e. The third kappa shape index (κ3) is 7.21. The van der Waals surface area contributed by atoms with Crippen molar-refractivity contribution in [1.29, 1.82) is 0 Å². The molecular weight excluding hydrogens is 464 g/mol. The van der Waals surface area contributed by atoms with E-state index in [1.807, 2.05) is 0 Å². The largest absolute Gasteiger partial charge is 0.393 e. The molecule has 0 radical (unpaired) electrons. The summed E-state index contributed by atoms with van der Waals surface area (Å²) in [5.74, 6) is 4.13. The summed E-state index contributed by atoms with van der Waals surface area (Å²) in [5, 5.41) is 23.9. The SMILES string of the molecule is OC1CC(C2CCCCC2)CCC1C1(C2CCC(C3CCCCC3)CC2O)CCCCCCCCCCC1. The van der Waals surface area contributed by atoms with Crippen LogP contribution in [0.1, 0.15) is 173 Å². The first-order valence-corrected chi connectivity index (χ1v) is 18.0. The summed E-state index contributed by atoms with van der Waals surface area (Å²) in [6.45, 7) is 0. The molecule has 5 aliphatic carbocycles. The molecule has 0 aromatic heterocycles. The fraction of sp³-hybridized carbons (Fsp3) is 1.00. The van der Waals surface area contributed by atoms with Crippen molar-refractivity contribution in [3.63, 3.8) is 0 Å². The van der Waals surface area contributed by atoms with Crippen LogP contribution in [0.4, 0.5) is 0 Å². The Hall–Kier alpha value is -0.0800. The molecule has 2 N–H and O–H groups in total. The Bertz CT molecular complexity index is 606. The predicted octanol–water partition coefficient (Wildman–Crippen LogP) is 9.99. The zero-order chi connectivity index (χ0) is 26.2. The normalized spacial score (nSPS) is 39.6. The number of aliphatic hydroxyl groups is 2. The van der Waals surface area contributed by atoms with E-state index in [0.29, 0.717) is 11.8 Å². The molecule has 0 saturated heterocycles. The summed E-state index contributed by atoms with van der Waals surface area (Å²) >= 11 is 0. The first kappa shape index (κ1) is 29.4. The van der Waals surface area contributed by atoms with E-state index in [1.165, 1.54) is 161 Å². The topological polar surface area (TPSA) is 40.5 Å². The van der Waals surface area contributed by atoms with Crippen LogP contribution in [0, 0.1) is 40.9 Å². The van der Waals surface area contributed by atoms with E-state index in [4.69, 9.17) is 0 Å². The molecule has 5 aliphatic rings. The van der Waals surface area contributed by atoms with Crippen molar-refractivity contribution in [2.24, 2.45) is 40.9 Å². The minimum atomic E-state index is -0.133. The van der Waals surface area contributed by atoms with E-state index in [2.05, 4.69) is 0 Å². The van der Waals surface area contributed by atoms with Crippen LogP contribution in [0.15, 0.2) is 0 Å². The van der Waals surface area contributed by atoms with Crippen LogP contribution in [-0.4, -0.2) is 22.4 Å². The van der Waals surface area contributed by atoms with Gasteiger partial charge in [0.1, 0.15) is 0 Å². The van der Waals surface area contributed by atoms with Gasteiger partial charge in [-0.3, -0.25) is 0 Å². The Morgan fingerprint density at radius 1 is 0.342 bits per heavy atom. The van der Waals surface area contributed by atoms with E-state index < -0.39 is 0 Å². The molecule has 0 spiro atoms. The minimum absolute atomic E-state index is 0.133. The summed E-state index contributed by atoms with van der Waals surface area (Å²) in [5.41, 5.74) is 0.174. The number of rotatable bonds is 4. The van der Waals surface area contributed by atoms with Gasteiger partial charge in [-0.15, -0.1) is 0 Å². The maximum absolute atomic E-state index is 12.0. The van der Waals surface area contributed by atoms with Crippen LogP contribution in [0.3, 0.4) is 0 Å². The Morgan fingerprint density at radius 2 is 0.684 bits per heavy atom. The second kappa shape index (κ2) is 14.7. The summed E-state index contributed by atoms with van der Waals surface area (Å²) < 4.78 is 0. The molecule has 0 heterocycles. The summed E-state index contributed by atoms with van der Waals surface area (Å²) in [4.78, 5) is 0. The van der Waals surface area contributed by atoms with Gasteiger partial charge in [0.15, 0.2) is 0 Å². The molecule has 6 unspecified atom stereocenters. The molecule has 5 rings (SSSR count). The molecule has 5 fully saturated rings. The van der Waals surface area contributed by atoms with Crippen LogP contribution in [-0.2, 0) is 0 Å². The van der Waals surface area contributed by atoms with Crippen LogP contribution >= 0.6 is 0 Å². The molecule has 0 amide bonds. The monoisotopic (exact) mass is 528 g/mol. The zero-order valence-electron chi connectivity index (χ0n) is 25.1. The van der Waals surface area contributed by atoms with Gasteiger partial charge in [0, 0.05) is 0 Å². The minimum Gasteiger partial charge on any atom is -0.393 e. The van der Waals surface area contributed by atoms with E-state index in [-0.39, 0.29) is 17.6 Å². The van der Waals surface area contributed by atoms with Crippen molar-refractivity contribution in [2.75, 3.05) is 0 Å². The maximum atomic E-state index is 12.0. The molecule has 6 atom stereocenters. The molecule has 2 nitrogen and oxygen atoms in total. The average Bonchev–Trinajstić information content (AvgIpc) is 2.95. The second-order valence-electron chi connectivity index (χ2n) is 15.2. The van der Waals surface area contributed by atoms with Gasteiger partial charge in [0.25, 0.3) is 0 Å². The van der Waals surface area contributed by atoms with Gasteiger partial charge in [-0.2, -0.15) is 0 Å². The zero-order valence-corrected chi connectivity index (χ0v) is 25.1. The lowest BCUT2D eigenvalue weighted by Crippen LogP contribution is -2.52. The summed E-state index contributed by atoms with van der Waals surface area (Å²) in [7, 11) is 0. The molecule has 38 heavy (non-hydrogen) atoms. The highest BCUT2D eigenvalue weighted by atomic mass is 16.3. The van der Waals surface area contributed by atoms with Crippen LogP contribution in [0.25, 0.3) is 0 Å². The van der Waals surface area contributed by atoms with Crippen molar-refractivity contribution in [3.8, 4) is 0 Å². The Labute approximate surface area is 236 Å². The molecule has 0 bridgehead atoms. The molecule has 0 aromatic carbocycles. The summed E-state index contributed by atoms with van der Waals surface area (Å²) in [6.07, 6.45) is 36.2. The molecular formula is C36H64O2. The Morgan fingerprint density at radius 3 is 1.05 bits per heavy atom. The van der Waals surface area contributed by atoms with Gasteiger partial charge >= 0.3 is 0 Å². The second-order valence-corrected chi connectivity index (χ2v) is 15.2. The number of hydrogen-bond donors (Lipinski definition) is 2. The van der Waals surface area contributed by atoms with E-state index in [9.17, 15) is 10.2 Å². The standard InChI is InChI=1S/C36H64O2/c37-34-26-30(28-16-10-8-11-17-28)20-22-32(34)36(24-14-6-4-2-1-3-5-7-15-25-36)33-23-21-31(27-35(33)38)29-18-12-9-13-19-29/h28-35,37-38H,1-27H2. The van der Waals surface area contributed by atoms with Gasteiger partial charge in [-0.05, 0) is 92.3 Å². The first-order valence-electron chi connectivity index (χ1n) is 18.0. The van der Waals surface area contributed by atoms with Crippen LogP contribution in [0.2, 0.25) is 0 Å². The lowest BCUT2D eigenvalue weighted by Gasteiger charge is -2.55. The van der Waals surface area contributed by atoms with Gasteiger partial charge in [0.05, 0.1) is 12.2 Å². The maximum Gasteiger partial charge on any atom is 0.0576 e. The fourth-order valence-corrected chi connectivity index (χ4v) is 11.1. The van der Waals surface area contributed by atoms with Crippen LogP contribution < -0.4 is 0 Å². The highest BCUT2D eigenvalue weighted by Gasteiger charge is 2.52. The number of aliphatic hydroxyl groups excluding tert-OH is 2. The third-order valence-corrected chi connectivity index (χ3v) is 13.1. The fourth-order valence-electron chi connectivity index (χ4n) is 11.1. The first-order chi connectivity index (χ1) is 18.7. The molecule has 5 saturated carbocycles. The van der Waals surface area contributed by atoms with E-state index in [1.54, 1.807) is 0 Å². The lowest BCUT2D eigenvalue weighted by molar-refractivity contribution is -0.124. The van der Waals surface area contributed by atoms with Crippen molar-refractivity contribution >= 4 is 0 Å². The third-order valence-electron chi connectivity index (χ3n) is 13.1. The van der Waals surface area contributed by atoms with Gasteiger partial charge in [-0.25, -0.2) is 0 Å². The Balaban J connectivity index is 1.34. The average molecular weight is 529 g/mol. The van der Waals surface area contributed by atoms with Gasteiger partial charge in [-0.1, -0.05) is 122 Å². The van der Waals surface area contributed by atoms with E-state index >= 15 is 0 Å². The quantitative estimate of drug-likeness (QED) is 0.381. The van der Waals surface area contributed by atoms with Gasteiger partial charge < -0.3 is 10.2 Å². The van der Waals surface area contributed by atoms with Crippen molar-refractivity contribution < 1.29 is 10.2 Å². The highest BCUT2D eigenvalue weighted by molar-refractivity contribution is 5.02. The van der Waals surface area contributed by atoms with Crippen molar-refractivity contribution in [2.45, 2.75) is 186 Å². The molecule has 220 valence electrons. The molecule has 0 aliphatic heterocycles. The lowest BCUT2D eigenvalue weighted by atomic mass is 9.51. The van der Waals surface area contributed by atoms with Crippen molar-refractivity contribution in [3.05, 3.63) is 0 Å². The van der Waals surface area contributed by atoms with Gasteiger partial charge in [0.2, 0.25) is 0 Å². The number of hydrogen-bond acceptors (Lipinski definition) is 2. The molecule has 2 heteroatoms. The van der Waals surface area contributed by atoms with Crippen LogP contribution in [0.5, 0.6) is 0 Å². The predicted molar refractivity (Wildman–Crippen MR) is 160 cm³/mol. The van der Waals surface area contributed by atoms with Crippen molar-refractivity contribution in [1.82, 2.24) is 0 Å². The van der Waals surface area contributed by atoms with E-state index in [0.717, 1.165) is 36.5 Å².